The highest BCUT2D eigenvalue weighted by molar-refractivity contribution is 5.66. The maximum Gasteiger partial charge on any atom is 0.304 e. The first-order chi connectivity index (χ1) is 7.13. The summed E-state index contributed by atoms with van der Waals surface area (Å²) in [6.45, 7) is 7.25. The molecule has 2 N–H and O–H groups in total. The molecule has 0 bridgehead atoms. The number of likely N-dealkylation sites (tertiary alicyclic amines) is 1. The van der Waals surface area contributed by atoms with E-state index in [1.54, 1.807) is 0 Å². The minimum absolute atomic E-state index is 0.222. The molecule has 0 radical (unpaired) electrons. The van der Waals surface area contributed by atoms with Crippen LogP contribution in [0.25, 0.3) is 0 Å². The van der Waals surface area contributed by atoms with Crippen LogP contribution in [0.4, 0.5) is 0 Å². The second kappa shape index (κ2) is 6.08. The van der Waals surface area contributed by atoms with Gasteiger partial charge in [-0.05, 0) is 19.8 Å². The highest BCUT2D eigenvalue weighted by atomic mass is 16.4. The summed E-state index contributed by atoms with van der Waals surface area (Å²) in [5, 5.41) is 11.8. The van der Waals surface area contributed by atoms with E-state index in [2.05, 4.69) is 24.1 Å². The second-order valence-electron chi connectivity index (χ2n) is 4.34. The van der Waals surface area contributed by atoms with Crippen LogP contribution in [-0.4, -0.2) is 47.7 Å². The van der Waals surface area contributed by atoms with Crippen LogP contribution in [0, 0.1) is 0 Å². The lowest BCUT2D eigenvalue weighted by molar-refractivity contribution is -0.136. The van der Waals surface area contributed by atoms with Crippen LogP contribution in [0.15, 0.2) is 0 Å². The summed E-state index contributed by atoms with van der Waals surface area (Å²) >= 11 is 0. The Hall–Kier alpha value is -0.610. The third kappa shape index (κ3) is 4.18. The summed E-state index contributed by atoms with van der Waals surface area (Å²) in [6.07, 6.45) is 2.55. The van der Waals surface area contributed by atoms with Crippen LogP contribution in [0.1, 0.15) is 33.1 Å². The number of carboxylic acid groups (broad SMARTS) is 1. The molecule has 0 aromatic carbocycles. The van der Waals surface area contributed by atoms with Crippen LogP contribution >= 0.6 is 0 Å². The molecule has 15 heavy (non-hydrogen) atoms. The molecule has 1 rings (SSSR count). The van der Waals surface area contributed by atoms with Gasteiger partial charge in [0.2, 0.25) is 0 Å². The molecule has 1 aliphatic rings. The monoisotopic (exact) mass is 214 g/mol. The standard InChI is InChI=1S/C11H22N2O2/c1-3-9(2)13-7-5-10(8-13)12-6-4-11(14)15/h9-10,12H,3-8H2,1-2H3,(H,14,15). The van der Waals surface area contributed by atoms with Gasteiger partial charge in [-0.1, -0.05) is 6.92 Å². The van der Waals surface area contributed by atoms with Crippen molar-refractivity contribution in [1.29, 1.82) is 0 Å². The Labute approximate surface area is 91.6 Å². The van der Waals surface area contributed by atoms with Crippen LogP contribution in [0.2, 0.25) is 0 Å². The zero-order chi connectivity index (χ0) is 11.3. The van der Waals surface area contributed by atoms with Crippen molar-refractivity contribution >= 4 is 5.97 Å². The fraction of sp³-hybridized carbons (Fsp3) is 0.909. The number of aliphatic carboxylic acids is 1. The first-order valence-electron chi connectivity index (χ1n) is 5.82. The van der Waals surface area contributed by atoms with Gasteiger partial charge in [0.15, 0.2) is 0 Å². The fourth-order valence-corrected chi connectivity index (χ4v) is 2.00. The molecule has 0 aromatic heterocycles. The van der Waals surface area contributed by atoms with Gasteiger partial charge >= 0.3 is 5.97 Å². The van der Waals surface area contributed by atoms with E-state index in [0.717, 1.165) is 19.5 Å². The Balaban J connectivity index is 2.16. The van der Waals surface area contributed by atoms with Crippen molar-refractivity contribution in [2.45, 2.75) is 45.2 Å². The van der Waals surface area contributed by atoms with E-state index < -0.39 is 5.97 Å². The Morgan fingerprint density at radius 3 is 3.00 bits per heavy atom. The van der Waals surface area contributed by atoms with E-state index in [0.29, 0.717) is 18.6 Å². The Bertz CT molecular complexity index is 209. The van der Waals surface area contributed by atoms with Crippen LogP contribution in [-0.2, 0) is 4.79 Å². The molecule has 0 amide bonds. The van der Waals surface area contributed by atoms with Crippen molar-refractivity contribution < 1.29 is 9.90 Å². The summed E-state index contributed by atoms with van der Waals surface area (Å²) in [7, 11) is 0. The molecule has 0 aliphatic carbocycles. The minimum Gasteiger partial charge on any atom is -0.481 e. The molecule has 88 valence electrons. The molecule has 1 saturated heterocycles. The molecule has 2 atom stereocenters. The normalized spacial score (nSPS) is 24.3. The zero-order valence-electron chi connectivity index (χ0n) is 9.70. The van der Waals surface area contributed by atoms with Gasteiger partial charge < -0.3 is 10.4 Å². The average molecular weight is 214 g/mol. The SMILES string of the molecule is CCC(C)N1CCC(NCCC(=O)O)C1. The molecule has 4 heteroatoms. The number of carboxylic acids is 1. The van der Waals surface area contributed by atoms with Crippen LogP contribution < -0.4 is 5.32 Å². The summed E-state index contributed by atoms with van der Waals surface area (Å²) in [5.41, 5.74) is 0. The number of rotatable bonds is 6. The van der Waals surface area contributed by atoms with Crippen LogP contribution in [0.5, 0.6) is 0 Å². The summed E-state index contributed by atoms with van der Waals surface area (Å²) in [6, 6.07) is 1.13. The van der Waals surface area contributed by atoms with E-state index in [1.807, 2.05) is 0 Å². The third-order valence-electron chi connectivity index (χ3n) is 3.21. The number of nitrogens with one attached hydrogen (secondary N) is 1. The lowest BCUT2D eigenvalue weighted by atomic mass is 10.2. The maximum absolute atomic E-state index is 10.3. The van der Waals surface area contributed by atoms with Crippen molar-refractivity contribution in [3.63, 3.8) is 0 Å². The fourth-order valence-electron chi connectivity index (χ4n) is 2.00. The van der Waals surface area contributed by atoms with Gasteiger partial charge in [-0.3, -0.25) is 9.69 Å². The lowest BCUT2D eigenvalue weighted by Crippen LogP contribution is -2.36. The largest absolute Gasteiger partial charge is 0.481 e. The molecule has 1 aliphatic heterocycles. The quantitative estimate of drug-likeness (QED) is 0.690. The molecular weight excluding hydrogens is 192 g/mol. The first kappa shape index (κ1) is 12.5. The van der Waals surface area contributed by atoms with Crippen molar-refractivity contribution in [2.75, 3.05) is 19.6 Å². The number of hydrogen-bond donors (Lipinski definition) is 2. The summed E-state index contributed by atoms with van der Waals surface area (Å²) in [5.74, 6) is -0.723. The zero-order valence-corrected chi connectivity index (χ0v) is 9.70. The topological polar surface area (TPSA) is 52.6 Å². The molecule has 0 aromatic rings. The molecule has 4 nitrogen and oxygen atoms in total. The van der Waals surface area contributed by atoms with E-state index >= 15 is 0 Å². The third-order valence-corrected chi connectivity index (χ3v) is 3.21. The van der Waals surface area contributed by atoms with E-state index in [4.69, 9.17) is 5.11 Å². The average Bonchev–Trinajstić information content (AvgIpc) is 2.65. The predicted molar refractivity (Wildman–Crippen MR) is 60.0 cm³/mol. The number of nitrogens with zero attached hydrogens (tertiary/aromatic N) is 1. The highest BCUT2D eigenvalue weighted by Crippen LogP contribution is 2.14. The molecule has 0 spiro atoms. The van der Waals surface area contributed by atoms with Gasteiger partial charge in [0.1, 0.15) is 0 Å². The molecular formula is C11H22N2O2. The Morgan fingerprint density at radius 1 is 1.67 bits per heavy atom. The Kier molecular flexibility index (Phi) is 5.05. The van der Waals surface area contributed by atoms with Gasteiger partial charge in [0.05, 0.1) is 6.42 Å². The Morgan fingerprint density at radius 2 is 2.40 bits per heavy atom. The van der Waals surface area contributed by atoms with Crippen molar-refractivity contribution in [1.82, 2.24) is 10.2 Å². The van der Waals surface area contributed by atoms with Gasteiger partial charge in [-0.25, -0.2) is 0 Å². The highest BCUT2D eigenvalue weighted by Gasteiger charge is 2.24. The lowest BCUT2D eigenvalue weighted by Gasteiger charge is -2.23. The number of hydrogen-bond acceptors (Lipinski definition) is 3. The van der Waals surface area contributed by atoms with Gasteiger partial charge in [0, 0.05) is 31.7 Å². The van der Waals surface area contributed by atoms with Gasteiger partial charge in [-0.15, -0.1) is 0 Å². The van der Waals surface area contributed by atoms with E-state index in [1.165, 1.54) is 6.42 Å². The van der Waals surface area contributed by atoms with E-state index in [9.17, 15) is 4.79 Å². The smallest absolute Gasteiger partial charge is 0.304 e. The predicted octanol–water partition coefficient (Wildman–Crippen LogP) is 0.923. The van der Waals surface area contributed by atoms with Gasteiger partial charge in [0.25, 0.3) is 0 Å². The van der Waals surface area contributed by atoms with Gasteiger partial charge in [-0.2, -0.15) is 0 Å². The summed E-state index contributed by atoms with van der Waals surface area (Å²) in [4.78, 5) is 12.8. The maximum atomic E-state index is 10.3. The first-order valence-corrected chi connectivity index (χ1v) is 5.82. The molecule has 0 saturated carbocycles. The molecule has 2 unspecified atom stereocenters. The van der Waals surface area contributed by atoms with Crippen molar-refractivity contribution in [3.05, 3.63) is 0 Å². The molecule has 1 heterocycles. The summed E-state index contributed by atoms with van der Waals surface area (Å²) < 4.78 is 0. The van der Waals surface area contributed by atoms with Crippen molar-refractivity contribution in [2.24, 2.45) is 0 Å². The van der Waals surface area contributed by atoms with Crippen LogP contribution in [0.3, 0.4) is 0 Å². The number of carbonyl (C=O) groups is 1. The van der Waals surface area contributed by atoms with Crippen molar-refractivity contribution in [3.8, 4) is 0 Å². The molecule has 1 fully saturated rings. The second-order valence-corrected chi connectivity index (χ2v) is 4.34. The van der Waals surface area contributed by atoms with E-state index in [-0.39, 0.29) is 6.42 Å². The minimum atomic E-state index is -0.723.